The zero-order valence-corrected chi connectivity index (χ0v) is 9.89. The summed E-state index contributed by atoms with van der Waals surface area (Å²) in [5.74, 6) is 0. The Morgan fingerprint density at radius 3 is 2.13 bits per heavy atom. The van der Waals surface area contributed by atoms with E-state index in [1.807, 2.05) is 0 Å². The normalized spacial score (nSPS) is 10.3. The van der Waals surface area contributed by atoms with Crippen LogP contribution in [-0.4, -0.2) is 5.24 Å². The Morgan fingerprint density at radius 2 is 1.67 bits per heavy atom. The van der Waals surface area contributed by atoms with Crippen molar-refractivity contribution in [2.24, 2.45) is 0 Å². The Balaban J connectivity index is 2.39. The Morgan fingerprint density at radius 1 is 1.13 bits per heavy atom. The van der Waals surface area contributed by atoms with Gasteiger partial charge in [-0.3, -0.25) is 4.79 Å². The fraction of sp³-hybridized carbons (Fsp3) is 0.462. The van der Waals surface area contributed by atoms with Crippen LogP contribution in [0.1, 0.15) is 37.3 Å². The maximum atomic E-state index is 10.5. The van der Waals surface area contributed by atoms with Crippen LogP contribution in [0.15, 0.2) is 24.3 Å². The van der Waals surface area contributed by atoms with E-state index < -0.39 is 0 Å². The Bertz CT molecular complexity index is 303. The van der Waals surface area contributed by atoms with Crippen LogP contribution in [0.2, 0.25) is 0 Å². The van der Waals surface area contributed by atoms with Gasteiger partial charge in [-0.15, -0.1) is 0 Å². The molecule has 0 spiro atoms. The molecule has 0 heterocycles. The van der Waals surface area contributed by atoms with Crippen molar-refractivity contribution in [3.63, 3.8) is 0 Å². The average Bonchev–Trinajstić information content (AvgIpc) is 2.20. The highest BCUT2D eigenvalue weighted by atomic mass is 35.5. The molecule has 0 aliphatic heterocycles. The summed E-state index contributed by atoms with van der Waals surface area (Å²) in [7, 11) is 0. The zero-order valence-electron chi connectivity index (χ0n) is 9.13. The summed E-state index contributed by atoms with van der Waals surface area (Å²) in [4.78, 5) is 10.5. The highest BCUT2D eigenvalue weighted by Gasteiger charge is 1.98. The van der Waals surface area contributed by atoms with Crippen molar-refractivity contribution >= 4 is 16.8 Å². The van der Waals surface area contributed by atoms with Crippen molar-refractivity contribution in [1.82, 2.24) is 0 Å². The fourth-order valence-electron chi connectivity index (χ4n) is 1.59. The minimum atomic E-state index is -0.238. The Hall–Kier alpha value is -0.820. The van der Waals surface area contributed by atoms with Crippen molar-refractivity contribution in [1.29, 1.82) is 0 Å². The number of benzene rings is 1. The molecule has 0 aliphatic carbocycles. The molecule has 15 heavy (non-hydrogen) atoms. The van der Waals surface area contributed by atoms with Gasteiger partial charge in [-0.2, -0.15) is 0 Å². The number of hydrogen-bond acceptors (Lipinski definition) is 1. The van der Waals surface area contributed by atoms with E-state index in [9.17, 15) is 4.79 Å². The maximum Gasteiger partial charge on any atom is 0.221 e. The van der Waals surface area contributed by atoms with Crippen LogP contribution in [0.5, 0.6) is 0 Å². The zero-order chi connectivity index (χ0) is 11.1. The third-order valence-corrected chi connectivity index (χ3v) is 2.59. The van der Waals surface area contributed by atoms with Crippen LogP contribution in [-0.2, 0) is 17.6 Å². The van der Waals surface area contributed by atoms with E-state index in [2.05, 4.69) is 31.2 Å². The standard InChI is InChI=1S/C13H17ClO/c1-2-4-11-7-9-12(10-8-11)5-3-6-13(14)15/h7-10H,2-6H2,1H3. The summed E-state index contributed by atoms with van der Waals surface area (Å²) in [6, 6.07) is 8.62. The van der Waals surface area contributed by atoms with E-state index in [4.69, 9.17) is 11.6 Å². The summed E-state index contributed by atoms with van der Waals surface area (Å²) in [6.45, 7) is 2.18. The van der Waals surface area contributed by atoms with Crippen LogP contribution in [0.3, 0.4) is 0 Å². The molecule has 0 atom stereocenters. The molecule has 0 radical (unpaired) electrons. The molecule has 1 aromatic carbocycles. The number of hydrogen-bond donors (Lipinski definition) is 0. The lowest BCUT2D eigenvalue weighted by atomic mass is 10.0. The minimum absolute atomic E-state index is 0.238. The molecule has 0 saturated heterocycles. The molecule has 1 rings (SSSR count). The van der Waals surface area contributed by atoms with E-state index in [1.165, 1.54) is 17.5 Å². The van der Waals surface area contributed by atoms with Gasteiger partial charge in [0.05, 0.1) is 0 Å². The molecule has 0 bridgehead atoms. The largest absolute Gasteiger partial charge is 0.281 e. The van der Waals surface area contributed by atoms with Gasteiger partial charge < -0.3 is 0 Å². The first-order valence-corrected chi connectivity index (χ1v) is 5.86. The third kappa shape index (κ3) is 4.98. The van der Waals surface area contributed by atoms with Crippen LogP contribution in [0.4, 0.5) is 0 Å². The predicted octanol–water partition coefficient (Wildman–Crippen LogP) is 3.73. The summed E-state index contributed by atoms with van der Waals surface area (Å²) >= 11 is 5.27. The highest BCUT2D eigenvalue weighted by molar-refractivity contribution is 6.63. The maximum absolute atomic E-state index is 10.5. The molecule has 0 unspecified atom stereocenters. The SMILES string of the molecule is CCCc1ccc(CCCC(=O)Cl)cc1. The Labute approximate surface area is 96.5 Å². The van der Waals surface area contributed by atoms with Gasteiger partial charge >= 0.3 is 0 Å². The molecular formula is C13H17ClO. The second-order valence-corrected chi connectivity index (χ2v) is 4.20. The molecule has 0 aliphatic rings. The van der Waals surface area contributed by atoms with Gasteiger partial charge in [0.15, 0.2) is 0 Å². The Kier molecular flexibility index (Phi) is 5.41. The van der Waals surface area contributed by atoms with Crippen LogP contribution < -0.4 is 0 Å². The molecule has 0 saturated carbocycles. The monoisotopic (exact) mass is 224 g/mol. The summed E-state index contributed by atoms with van der Waals surface area (Å²) in [6.07, 6.45) is 4.57. The number of carbonyl (C=O) groups excluding carboxylic acids is 1. The van der Waals surface area contributed by atoms with E-state index >= 15 is 0 Å². The van der Waals surface area contributed by atoms with Crippen molar-refractivity contribution < 1.29 is 4.79 Å². The first-order chi connectivity index (χ1) is 7.22. The van der Waals surface area contributed by atoms with Gasteiger partial charge in [0.1, 0.15) is 0 Å². The van der Waals surface area contributed by atoms with Crippen LogP contribution in [0.25, 0.3) is 0 Å². The summed E-state index contributed by atoms with van der Waals surface area (Å²) < 4.78 is 0. The third-order valence-electron chi connectivity index (χ3n) is 2.40. The number of carbonyl (C=O) groups is 1. The fourth-order valence-corrected chi connectivity index (χ4v) is 1.73. The van der Waals surface area contributed by atoms with E-state index in [0.717, 1.165) is 19.3 Å². The molecule has 1 aromatic rings. The lowest BCUT2D eigenvalue weighted by Gasteiger charge is -2.02. The lowest BCUT2D eigenvalue weighted by Crippen LogP contribution is -1.91. The molecule has 1 nitrogen and oxygen atoms in total. The summed E-state index contributed by atoms with van der Waals surface area (Å²) in [5, 5.41) is -0.238. The number of rotatable bonds is 6. The number of aryl methyl sites for hydroxylation is 2. The van der Waals surface area contributed by atoms with Crippen molar-refractivity contribution in [3.05, 3.63) is 35.4 Å². The van der Waals surface area contributed by atoms with Crippen molar-refractivity contribution in [2.75, 3.05) is 0 Å². The average molecular weight is 225 g/mol. The predicted molar refractivity (Wildman–Crippen MR) is 64.2 cm³/mol. The van der Waals surface area contributed by atoms with Gasteiger partial charge in [0, 0.05) is 6.42 Å². The molecule has 0 N–H and O–H groups in total. The topological polar surface area (TPSA) is 17.1 Å². The minimum Gasteiger partial charge on any atom is -0.281 e. The van der Waals surface area contributed by atoms with Gasteiger partial charge in [-0.1, -0.05) is 37.6 Å². The van der Waals surface area contributed by atoms with E-state index in [-0.39, 0.29) is 5.24 Å². The molecule has 0 amide bonds. The summed E-state index contributed by atoms with van der Waals surface area (Å²) in [5.41, 5.74) is 2.67. The number of halogens is 1. The van der Waals surface area contributed by atoms with Gasteiger partial charge in [-0.25, -0.2) is 0 Å². The van der Waals surface area contributed by atoms with Gasteiger partial charge in [-0.05, 0) is 42.0 Å². The first kappa shape index (κ1) is 12.3. The van der Waals surface area contributed by atoms with Gasteiger partial charge in [0.2, 0.25) is 5.24 Å². The van der Waals surface area contributed by atoms with Crippen molar-refractivity contribution in [2.45, 2.75) is 39.0 Å². The van der Waals surface area contributed by atoms with E-state index in [1.54, 1.807) is 0 Å². The second-order valence-electron chi connectivity index (χ2n) is 3.78. The molecular weight excluding hydrogens is 208 g/mol. The molecule has 0 fully saturated rings. The lowest BCUT2D eigenvalue weighted by molar-refractivity contribution is -0.111. The highest BCUT2D eigenvalue weighted by Crippen LogP contribution is 2.10. The quantitative estimate of drug-likeness (QED) is 0.673. The van der Waals surface area contributed by atoms with Crippen LogP contribution in [0, 0.1) is 0 Å². The molecule has 82 valence electrons. The van der Waals surface area contributed by atoms with Gasteiger partial charge in [0.25, 0.3) is 0 Å². The van der Waals surface area contributed by atoms with E-state index in [0.29, 0.717) is 6.42 Å². The first-order valence-electron chi connectivity index (χ1n) is 5.48. The molecule has 0 aromatic heterocycles. The molecule has 2 heteroatoms. The van der Waals surface area contributed by atoms with Crippen molar-refractivity contribution in [3.8, 4) is 0 Å². The van der Waals surface area contributed by atoms with Crippen LogP contribution >= 0.6 is 11.6 Å². The smallest absolute Gasteiger partial charge is 0.221 e. The second kappa shape index (κ2) is 6.62.